The number of hydrogen-bond donors (Lipinski definition) is 3. The van der Waals surface area contributed by atoms with Crippen molar-refractivity contribution in [1.82, 2.24) is 9.97 Å². The van der Waals surface area contributed by atoms with Gasteiger partial charge in [-0.15, -0.1) is 0 Å². The Morgan fingerprint density at radius 2 is 1.97 bits per heavy atom. The molecule has 3 rings (SSSR count). The molecule has 1 aliphatic carbocycles. The van der Waals surface area contributed by atoms with Crippen LogP contribution in [0.15, 0.2) is 29.3 Å². The highest BCUT2D eigenvalue weighted by Gasteiger charge is 2.44. The Kier molecular flexibility index (Phi) is 6.27. The zero-order valence-electron chi connectivity index (χ0n) is 15.9. The van der Waals surface area contributed by atoms with Crippen molar-refractivity contribution in [3.05, 3.63) is 35.8 Å². The molecule has 0 bridgehead atoms. The highest BCUT2D eigenvalue weighted by Crippen LogP contribution is 2.39. The second kappa shape index (κ2) is 8.37. The lowest BCUT2D eigenvalue weighted by Crippen LogP contribution is -2.43. The summed E-state index contributed by atoms with van der Waals surface area (Å²) in [5, 5.41) is 17.0. The minimum absolute atomic E-state index is 0.300. The summed E-state index contributed by atoms with van der Waals surface area (Å²) in [4.78, 5) is 6.35. The van der Waals surface area contributed by atoms with E-state index in [1.54, 1.807) is 0 Å². The minimum atomic E-state index is -5.02. The van der Waals surface area contributed by atoms with Crippen LogP contribution in [0, 0.1) is 5.82 Å². The Morgan fingerprint density at radius 1 is 1.28 bits per heavy atom. The molecule has 2 aromatic rings. The fourth-order valence-electron chi connectivity index (χ4n) is 2.95. The third-order valence-electron chi connectivity index (χ3n) is 4.57. The zero-order chi connectivity index (χ0) is 23.9. The van der Waals surface area contributed by atoms with Gasteiger partial charge in [-0.25, -0.2) is 31.7 Å². The first-order valence-corrected chi connectivity index (χ1v) is 10.5. The maximum atomic E-state index is 14.2. The summed E-state index contributed by atoms with van der Waals surface area (Å²) in [6, 6.07) is 2.43. The molecule has 1 heterocycles. The zero-order valence-corrected chi connectivity index (χ0v) is 16.7. The van der Waals surface area contributed by atoms with E-state index in [0.29, 0.717) is 12.3 Å². The van der Waals surface area contributed by atoms with Gasteiger partial charge in [0.05, 0.1) is 23.1 Å². The Hall–Kier alpha value is -2.65. The van der Waals surface area contributed by atoms with E-state index >= 15 is 0 Å². The van der Waals surface area contributed by atoms with E-state index in [1.165, 1.54) is 0 Å². The first-order valence-electron chi connectivity index (χ1n) is 8.92. The normalized spacial score (nSPS) is 21.2. The van der Waals surface area contributed by atoms with Crippen LogP contribution in [0.2, 0.25) is 0 Å². The maximum absolute atomic E-state index is 14.2. The van der Waals surface area contributed by atoms with Crippen LogP contribution < -0.4 is 15.2 Å². The second-order valence-corrected chi connectivity index (χ2v) is 8.61. The van der Waals surface area contributed by atoms with Gasteiger partial charge in [0.25, 0.3) is 5.92 Å². The van der Waals surface area contributed by atoms with Crippen molar-refractivity contribution in [2.24, 2.45) is 5.14 Å². The van der Waals surface area contributed by atoms with Gasteiger partial charge in [-0.2, -0.15) is 18.2 Å². The minimum Gasteiger partial charge on any atom is -0.471 e. The average Bonchev–Trinajstić information content (AvgIpc) is 2.64. The number of primary sulfonamides is 1. The summed E-state index contributed by atoms with van der Waals surface area (Å²) < 4.78 is 109. The van der Waals surface area contributed by atoms with Crippen LogP contribution in [0.3, 0.4) is 0 Å². The van der Waals surface area contributed by atoms with Gasteiger partial charge in [-0.05, 0) is 24.6 Å². The third-order valence-corrected chi connectivity index (χ3v) is 5.48. The summed E-state index contributed by atoms with van der Waals surface area (Å²) in [7, 11) is -4.20. The molecule has 1 saturated carbocycles. The molecular weight excluding hydrogens is 470 g/mol. The number of sulfonamides is 1. The second-order valence-electron chi connectivity index (χ2n) is 7.04. The molecule has 2 atom stereocenters. The SMILES string of the molecule is NS(=O)(=O)c1ccc(Nc2ncc(C(F)(F)F)c(O[C@@H]3CC(F)(F)CC[C@@H]3O)n2)c(F)c1. The molecular formula is C17H16F6N4O4S. The third kappa shape index (κ3) is 5.58. The van der Waals surface area contributed by atoms with Crippen molar-refractivity contribution in [2.45, 2.75) is 48.5 Å². The molecule has 0 radical (unpaired) electrons. The number of aliphatic hydroxyl groups is 1. The number of halogens is 6. The van der Waals surface area contributed by atoms with Gasteiger partial charge in [-0.3, -0.25) is 0 Å². The van der Waals surface area contributed by atoms with E-state index in [-0.39, 0.29) is 0 Å². The number of aliphatic hydroxyl groups excluding tert-OH is 1. The Labute approximate surface area is 177 Å². The molecule has 0 spiro atoms. The molecule has 8 nitrogen and oxygen atoms in total. The van der Waals surface area contributed by atoms with Crippen LogP contribution in [-0.2, 0) is 16.2 Å². The predicted molar refractivity (Wildman–Crippen MR) is 97.3 cm³/mol. The molecule has 176 valence electrons. The molecule has 1 aromatic carbocycles. The molecule has 0 saturated heterocycles. The van der Waals surface area contributed by atoms with Gasteiger partial charge in [0.2, 0.25) is 21.9 Å². The van der Waals surface area contributed by atoms with Gasteiger partial charge in [0.15, 0.2) is 0 Å². The summed E-state index contributed by atoms with van der Waals surface area (Å²) in [6.45, 7) is 0. The molecule has 0 aliphatic heterocycles. The fraction of sp³-hybridized carbons (Fsp3) is 0.412. The number of alkyl halides is 5. The molecule has 4 N–H and O–H groups in total. The van der Waals surface area contributed by atoms with E-state index in [9.17, 15) is 39.9 Å². The van der Waals surface area contributed by atoms with E-state index in [4.69, 9.17) is 9.88 Å². The molecule has 1 aliphatic rings. The monoisotopic (exact) mass is 486 g/mol. The van der Waals surface area contributed by atoms with Crippen LogP contribution in [0.5, 0.6) is 5.88 Å². The van der Waals surface area contributed by atoms with Gasteiger partial charge in [0, 0.05) is 12.6 Å². The average molecular weight is 486 g/mol. The lowest BCUT2D eigenvalue weighted by atomic mass is 9.91. The van der Waals surface area contributed by atoms with Gasteiger partial charge in [-0.1, -0.05) is 0 Å². The van der Waals surface area contributed by atoms with E-state index in [0.717, 1.165) is 12.1 Å². The van der Waals surface area contributed by atoms with E-state index < -0.39 is 87.4 Å². The highest BCUT2D eigenvalue weighted by atomic mass is 32.2. The van der Waals surface area contributed by atoms with Crippen molar-refractivity contribution in [3.8, 4) is 5.88 Å². The number of aromatic nitrogens is 2. The summed E-state index contributed by atoms with van der Waals surface area (Å²) in [5.41, 5.74) is -1.90. The first kappa shape index (κ1) is 24.0. The number of ether oxygens (including phenoxy) is 1. The predicted octanol–water partition coefficient (Wildman–Crippen LogP) is 2.95. The van der Waals surface area contributed by atoms with E-state index in [1.807, 2.05) is 0 Å². The molecule has 32 heavy (non-hydrogen) atoms. The number of anilines is 2. The Balaban J connectivity index is 1.92. The van der Waals surface area contributed by atoms with Gasteiger partial charge < -0.3 is 15.2 Å². The Bertz CT molecular complexity index is 1110. The maximum Gasteiger partial charge on any atom is 0.423 e. The molecule has 1 fully saturated rings. The number of nitrogens with two attached hydrogens (primary N) is 1. The number of nitrogens with one attached hydrogen (secondary N) is 1. The van der Waals surface area contributed by atoms with E-state index in [2.05, 4.69) is 15.3 Å². The quantitative estimate of drug-likeness (QED) is 0.555. The number of nitrogens with zero attached hydrogens (tertiary/aromatic N) is 2. The topological polar surface area (TPSA) is 127 Å². The van der Waals surface area contributed by atoms with Crippen LogP contribution in [-0.4, -0.2) is 41.6 Å². The lowest BCUT2D eigenvalue weighted by molar-refractivity contribution is -0.143. The van der Waals surface area contributed by atoms with Crippen LogP contribution in [0.4, 0.5) is 38.0 Å². The van der Waals surface area contributed by atoms with Crippen molar-refractivity contribution >= 4 is 21.7 Å². The fourth-order valence-corrected chi connectivity index (χ4v) is 3.47. The van der Waals surface area contributed by atoms with Crippen LogP contribution >= 0.6 is 0 Å². The van der Waals surface area contributed by atoms with Crippen LogP contribution in [0.25, 0.3) is 0 Å². The molecule has 0 unspecified atom stereocenters. The largest absolute Gasteiger partial charge is 0.471 e. The lowest BCUT2D eigenvalue weighted by Gasteiger charge is -2.33. The molecule has 1 aromatic heterocycles. The molecule has 15 heteroatoms. The number of hydrogen-bond acceptors (Lipinski definition) is 7. The summed E-state index contributed by atoms with van der Waals surface area (Å²) >= 11 is 0. The van der Waals surface area contributed by atoms with Crippen molar-refractivity contribution in [2.75, 3.05) is 5.32 Å². The van der Waals surface area contributed by atoms with Gasteiger partial charge >= 0.3 is 6.18 Å². The van der Waals surface area contributed by atoms with Crippen molar-refractivity contribution < 1.29 is 44.6 Å². The molecule has 0 amide bonds. The summed E-state index contributed by atoms with van der Waals surface area (Å²) in [5.74, 6) is -6.12. The highest BCUT2D eigenvalue weighted by molar-refractivity contribution is 7.89. The number of rotatable bonds is 5. The first-order chi connectivity index (χ1) is 14.7. The van der Waals surface area contributed by atoms with Crippen molar-refractivity contribution in [3.63, 3.8) is 0 Å². The van der Waals surface area contributed by atoms with Crippen LogP contribution in [0.1, 0.15) is 24.8 Å². The Morgan fingerprint density at radius 3 is 2.56 bits per heavy atom. The number of benzene rings is 1. The standard InChI is InChI=1S/C17H16F6N4O4S/c18-10-5-8(32(24,29)30)1-2-11(10)26-15-25-7-9(17(21,22)23)14(27-15)31-13-6-16(19,20)4-3-12(13)28/h1-2,5,7,12-13,28H,3-4,6H2,(H2,24,29,30)(H,25,26,27)/t12-,13+/m0/s1. The van der Waals surface area contributed by atoms with Gasteiger partial charge in [0.1, 0.15) is 17.5 Å². The van der Waals surface area contributed by atoms with Crippen molar-refractivity contribution in [1.29, 1.82) is 0 Å². The summed E-state index contributed by atoms with van der Waals surface area (Å²) in [6.07, 6.45) is -9.91. The smallest absolute Gasteiger partial charge is 0.423 e.